The molecule has 0 fully saturated rings. The highest BCUT2D eigenvalue weighted by molar-refractivity contribution is 5.83. The maximum absolute atomic E-state index is 11.8. The van der Waals surface area contributed by atoms with E-state index in [0.717, 1.165) is 18.7 Å². The predicted molar refractivity (Wildman–Crippen MR) is 58.9 cm³/mol. The normalized spacial score (nSPS) is 31.9. The first-order valence-electron chi connectivity index (χ1n) is 5.36. The molecule has 14 heavy (non-hydrogen) atoms. The molecular formula is C12H21NO. The second-order valence-electron chi connectivity index (χ2n) is 5.12. The third-order valence-corrected chi connectivity index (χ3v) is 2.87. The number of nitrogens with one attached hydrogen (secondary N) is 1. The highest BCUT2D eigenvalue weighted by Crippen LogP contribution is 2.27. The monoisotopic (exact) mass is 195 g/mol. The average molecular weight is 195 g/mol. The summed E-state index contributed by atoms with van der Waals surface area (Å²) < 4.78 is 0. The summed E-state index contributed by atoms with van der Waals surface area (Å²) >= 11 is 0. The van der Waals surface area contributed by atoms with E-state index in [2.05, 4.69) is 19.2 Å². The molecule has 2 nitrogen and oxygen atoms in total. The lowest BCUT2D eigenvalue weighted by Gasteiger charge is -2.23. The van der Waals surface area contributed by atoms with Crippen LogP contribution in [0.15, 0.2) is 11.8 Å². The van der Waals surface area contributed by atoms with Crippen LogP contribution in [0.4, 0.5) is 0 Å². The molecule has 1 N–H and O–H groups in total. The lowest BCUT2D eigenvalue weighted by Crippen LogP contribution is -2.23. The predicted octanol–water partition coefficient (Wildman–Crippen LogP) is 2.50. The number of allylic oxidation sites excluding steroid dienone is 2. The van der Waals surface area contributed by atoms with E-state index in [1.165, 1.54) is 0 Å². The van der Waals surface area contributed by atoms with Gasteiger partial charge >= 0.3 is 0 Å². The van der Waals surface area contributed by atoms with Crippen molar-refractivity contribution in [2.75, 3.05) is 6.54 Å². The number of rotatable bonds is 0. The Bertz CT molecular complexity index is 253. The quantitative estimate of drug-likeness (QED) is 0.643. The van der Waals surface area contributed by atoms with Gasteiger partial charge in [0, 0.05) is 24.6 Å². The van der Waals surface area contributed by atoms with Crippen LogP contribution in [0.25, 0.3) is 0 Å². The first-order chi connectivity index (χ1) is 6.41. The van der Waals surface area contributed by atoms with E-state index in [0.29, 0.717) is 12.2 Å². The van der Waals surface area contributed by atoms with E-state index in [1.54, 1.807) is 0 Å². The molecular weight excluding hydrogens is 174 g/mol. The summed E-state index contributed by atoms with van der Waals surface area (Å²) in [7, 11) is 0. The number of Topliss-reactive ketones (excluding diaryl/α,β-unsaturated/α-hetero) is 1. The van der Waals surface area contributed by atoms with Gasteiger partial charge in [0.05, 0.1) is 0 Å². The summed E-state index contributed by atoms with van der Waals surface area (Å²) in [6, 6.07) is 0. The summed E-state index contributed by atoms with van der Waals surface area (Å²) in [4.78, 5) is 11.8. The Morgan fingerprint density at radius 1 is 1.50 bits per heavy atom. The van der Waals surface area contributed by atoms with Gasteiger partial charge < -0.3 is 5.32 Å². The second kappa shape index (κ2) is 4.16. The number of hydrogen-bond acceptors (Lipinski definition) is 2. The van der Waals surface area contributed by atoms with E-state index in [-0.39, 0.29) is 11.3 Å². The van der Waals surface area contributed by atoms with Crippen LogP contribution in [0.2, 0.25) is 0 Å². The molecule has 0 bridgehead atoms. The van der Waals surface area contributed by atoms with Crippen molar-refractivity contribution >= 4 is 5.78 Å². The molecule has 1 heterocycles. The van der Waals surface area contributed by atoms with Gasteiger partial charge in [0.15, 0.2) is 0 Å². The molecule has 1 aliphatic heterocycles. The van der Waals surface area contributed by atoms with Gasteiger partial charge in [-0.1, -0.05) is 26.8 Å². The minimum atomic E-state index is 0.0554. The van der Waals surface area contributed by atoms with E-state index >= 15 is 0 Å². The summed E-state index contributed by atoms with van der Waals surface area (Å²) in [5.41, 5.74) is 1.26. The smallest absolute Gasteiger partial charge is 0.140 e. The molecule has 1 rings (SSSR count). The first-order valence-corrected chi connectivity index (χ1v) is 5.36. The van der Waals surface area contributed by atoms with E-state index < -0.39 is 0 Å². The van der Waals surface area contributed by atoms with Gasteiger partial charge in [-0.25, -0.2) is 0 Å². The highest BCUT2D eigenvalue weighted by atomic mass is 16.1. The van der Waals surface area contributed by atoms with Crippen LogP contribution >= 0.6 is 0 Å². The van der Waals surface area contributed by atoms with Gasteiger partial charge in [-0.3, -0.25) is 4.79 Å². The Labute approximate surface area is 86.8 Å². The van der Waals surface area contributed by atoms with Crippen molar-refractivity contribution in [1.82, 2.24) is 5.32 Å². The molecule has 1 atom stereocenters. The van der Waals surface area contributed by atoms with Crippen molar-refractivity contribution in [1.29, 1.82) is 0 Å². The highest BCUT2D eigenvalue weighted by Gasteiger charge is 2.25. The van der Waals surface area contributed by atoms with Gasteiger partial charge in [0.2, 0.25) is 0 Å². The minimum Gasteiger partial charge on any atom is -0.389 e. The van der Waals surface area contributed by atoms with Crippen LogP contribution in [-0.2, 0) is 4.79 Å². The third-order valence-electron chi connectivity index (χ3n) is 2.87. The second-order valence-corrected chi connectivity index (χ2v) is 5.12. The fourth-order valence-corrected chi connectivity index (χ4v) is 1.85. The van der Waals surface area contributed by atoms with E-state index in [1.807, 2.05) is 19.9 Å². The van der Waals surface area contributed by atoms with Crippen LogP contribution in [0, 0.1) is 11.3 Å². The van der Waals surface area contributed by atoms with Crippen LogP contribution in [0.3, 0.4) is 0 Å². The molecule has 1 aliphatic rings. The molecule has 0 amide bonds. The molecule has 0 aromatic heterocycles. The summed E-state index contributed by atoms with van der Waals surface area (Å²) in [5.74, 6) is 0.415. The molecule has 0 aromatic carbocycles. The van der Waals surface area contributed by atoms with Crippen LogP contribution in [0.5, 0.6) is 0 Å². The number of ketones is 1. The maximum Gasteiger partial charge on any atom is 0.140 e. The Balaban J connectivity index is 2.79. The Morgan fingerprint density at radius 2 is 2.14 bits per heavy atom. The lowest BCUT2D eigenvalue weighted by atomic mass is 9.82. The van der Waals surface area contributed by atoms with Gasteiger partial charge in [0.1, 0.15) is 5.78 Å². The molecule has 80 valence electrons. The number of carbonyl (C=O) groups is 1. The molecule has 0 radical (unpaired) electrons. The largest absolute Gasteiger partial charge is 0.389 e. The van der Waals surface area contributed by atoms with E-state index in [9.17, 15) is 4.79 Å². The zero-order chi connectivity index (χ0) is 10.8. The maximum atomic E-state index is 11.8. The van der Waals surface area contributed by atoms with E-state index in [4.69, 9.17) is 0 Å². The van der Waals surface area contributed by atoms with Crippen LogP contribution < -0.4 is 5.32 Å². The molecule has 0 spiro atoms. The molecule has 2 heteroatoms. The minimum absolute atomic E-state index is 0.0554. The summed E-state index contributed by atoms with van der Waals surface area (Å²) in [6.07, 6.45) is 3.78. The fourth-order valence-electron chi connectivity index (χ4n) is 1.85. The van der Waals surface area contributed by atoms with Gasteiger partial charge in [0.25, 0.3) is 0 Å². The van der Waals surface area contributed by atoms with Crippen molar-refractivity contribution in [3.05, 3.63) is 11.8 Å². The van der Waals surface area contributed by atoms with Gasteiger partial charge in [-0.05, 0) is 18.8 Å². The molecule has 0 aromatic rings. The van der Waals surface area contributed by atoms with Crippen molar-refractivity contribution in [2.45, 2.75) is 40.5 Å². The average Bonchev–Trinajstić information content (AvgIpc) is 2.04. The molecule has 0 aliphatic carbocycles. The standard InChI is InChI=1S/C12H21NO/c1-9-7-10(2)13-6-5-12(3,4)8-11(9)14/h7,9,13H,5-6,8H2,1-4H3/b10-7-. The Morgan fingerprint density at radius 3 is 2.79 bits per heavy atom. The third kappa shape index (κ3) is 3.17. The Hall–Kier alpha value is -0.790. The SMILES string of the molecule is C/C1=C/C(C)C(=O)CC(C)(C)CCN1. The summed E-state index contributed by atoms with van der Waals surface area (Å²) in [6.45, 7) is 9.31. The van der Waals surface area contributed by atoms with Gasteiger partial charge in [-0.2, -0.15) is 0 Å². The lowest BCUT2D eigenvalue weighted by molar-refractivity contribution is -0.123. The van der Waals surface area contributed by atoms with Crippen molar-refractivity contribution in [2.24, 2.45) is 11.3 Å². The van der Waals surface area contributed by atoms with Crippen molar-refractivity contribution < 1.29 is 4.79 Å². The molecule has 0 saturated heterocycles. The molecule has 1 unspecified atom stereocenters. The zero-order valence-corrected chi connectivity index (χ0v) is 9.68. The fraction of sp³-hybridized carbons (Fsp3) is 0.750. The zero-order valence-electron chi connectivity index (χ0n) is 9.68. The molecule has 0 saturated carbocycles. The van der Waals surface area contributed by atoms with Crippen LogP contribution in [-0.4, -0.2) is 12.3 Å². The Kier molecular flexibility index (Phi) is 3.35. The van der Waals surface area contributed by atoms with Crippen molar-refractivity contribution in [3.63, 3.8) is 0 Å². The van der Waals surface area contributed by atoms with Crippen molar-refractivity contribution in [3.8, 4) is 0 Å². The number of carbonyl (C=O) groups excluding carboxylic acids is 1. The van der Waals surface area contributed by atoms with Gasteiger partial charge in [-0.15, -0.1) is 0 Å². The number of hydrogen-bond donors (Lipinski definition) is 1. The summed E-state index contributed by atoms with van der Waals surface area (Å²) in [5, 5.41) is 3.34. The topological polar surface area (TPSA) is 29.1 Å². The van der Waals surface area contributed by atoms with Crippen LogP contribution in [0.1, 0.15) is 40.5 Å². The first kappa shape index (κ1) is 11.3.